The van der Waals surface area contributed by atoms with E-state index in [0.29, 0.717) is 0 Å². The maximum absolute atomic E-state index is 5.25. The largest absolute Gasteiger partial charge is 0.497 e. The molecule has 2 heteroatoms. The minimum atomic E-state index is 0.790. The number of rotatable bonds is 6. The summed E-state index contributed by atoms with van der Waals surface area (Å²) in [6.45, 7) is 1.21. The third-order valence-corrected chi connectivity index (χ3v) is 4.57. The van der Waals surface area contributed by atoms with Crippen LogP contribution in [0, 0.1) is 11.8 Å². The first-order chi connectivity index (χ1) is 9.69. The number of ether oxygens (including phenoxy) is 1. The smallest absolute Gasteiger partial charge is 0.118 e. The second-order valence-electron chi connectivity index (χ2n) is 6.47. The Morgan fingerprint density at radius 2 is 1.75 bits per heavy atom. The van der Waals surface area contributed by atoms with E-state index < -0.39 is 0 Å². The van der Waals surface area contributed by atoms with Crippen LogP contribution in [0.3, 0.4) is 0 Å². The first-order valence-electron chi connectivity index (χ1n) is 7.96. The van der Waals surface area contributed by atoms with Crippen molar-refractivity contribution in [2.24, 2.45) is 11.8 Å². The van der Waals surface area contributed by atoms with Crippen LogP contribution in [0.4, 0.5) is 0 Å². The Labute approximate surface area is 124 Å². The van der Waals surface area contributed by atoms with Gasteiger partial charge >= 0.3 is 0 Å². The van der Waals surface area contributed by atoms with Gasteiger partial charge in [0, 0.05) is 6.54 Å². The molecule has 0 amide bonds. The van der Waals surface area contributed by atoms with Crippen LogP contribution >= 0.6 is 0 Å². The molecule has 1 unspecified atom stereocenters. The standard InChI is InChI=1S/C18H29NO/c1-19(2)14-17(16-7-5-4-6-8-16)13-15-9-11-18(20-3)12-10-15/h9-12,16-17H,4-8,13-14H2,1-3H3. The van der Waals surface area contributed by atoms with Gasteiger partial charge in [0.15, 0.2) is 0 Å². The molecule has 0 spiro atoms. The van der Waals surface area contributed by atoms with Crippen LogP contribution in [-0.4, -0.2) is 32.6 Å². The lowest BCUT2D eigenvalue weighted by molar-refractivity contribution is 0.198. The van der Waals surface area contributed by atoms with E-state index in [1.807, 2.05) is 0 Å². The van der Waals surface area contributed by atoms with Gasteiger partial charge in [-0.3, -0.25) is 0 Å². The Morgan fingerprint density at radius 1 is 1.10 bits per heavy atom. The topological polar surface area (TPSA) is 12.5 Å². The van der Waals surface area contributed by atoms with E-state index in [4.69, 9.17) is 4.74 Å². The second kappa shape index (κ2) is 7.68. The molecule has 1 aliphatic rings. The van der Waals surface area contributed by atoms with Crippen molar-refractivity contribution < 1.29 is 4.74 Å². The van der Waals surface area contributed by atoms with Crippen molar-refractivity contribution in [1.82, 2.24) is 4.90 Å². The average Bonchev–Trinajstić information content (AvgIpc) is 2.48. The first kappa shape index (κ1) is 15.4. The lowest BCUT2D eigenvalue weighted by Gasteiger charge is -2.32. The summed E-state index contributed by atoms with van der Waals surface area (Å²) in [7, 11) is 6.12. The van der Waals surface area contributed by atoms with Crippen molar-refractivity contribution in [3.63, 3.8) is 0 Å². The van der Waals surface area contributed by atoms with Crippen LogP contribution in [0.25, 0.3) is 0 Å². The molecular weight excluding hydrogens is 246 g/mol. The molecule has 0 radical (unpaired) electrons. The van der Waals surface area contributed by atoms with E-state index in [-0.39, 0.29) is 0 Å². The molecule has 1 aromatic rings. The predicted octanol–water partition coefficient (Wildman–Crippen LogP) is 4.00. The maximum atomic E-state index is 5.25. The van der Waals surface area contributed by atoms with Crippen LogP contribution in [0.15, 0.2) is 24.3 Å². The quantitative estimate of drug-likeness (QED) is 0.778. The molecule has 0 aromatic heterocycles. The average molecular weight is 275 g/mol. The maximum Gasteiger partial charge on any atom is 0.118 e. The fraction of sp³-hybridized carbons (Fsp3) is 0.667. The van der Waals surface area contributed by atoms with Crippen molar-refractivity contribution in [2.75, 3.05) is 27.7 Å². The molecule has 0 N–H and O–H groups in total. The molecule has 0 bridgehead atoms. The Kier molecular flexibility index (Phi) is 5.90. The van der Waals surface area contributed by atoms with E-state index in [2.05, 4.69) is 43.3 Å². The van der Waals surface area contributed by atoms with Gasteiger partial charge in [-0.25, -0.2) is 0 Å². The monoisotopic (exact) mass is 275 g/mol. The van der Waals surface area contributed by atoms with E-state index in [1.165, 1.54) is 50.6 Å². The molecule has 1 saturated carbocycles. The molecule has 1 aliphatic carbocycles. The van der Waals surface area contributed by atoms with Crippen molar-refractivity contribution in [2.45, 2.75) is 38.5 Å². The number of methoxy groups -OCH3 is 1. The summed E-state index contributed by atoms with van der Waals surface area (Å²) in [6.07, 6.45) is 8.35. The summed E-state index contributed by atoms with van der Waals surface area (Å²) in [5, 5.41) is 0. The highest BCUT2D eigenvalue weighted by molar-refractivity contribution is 5.27. The lowest BCUT2D eigenvalue weighted by Crippen LogP contribution is -2.30. The third kappa shape index (κ3) is 4.52. The molecule has 2 nitrogen and oxygen atoms in total. The molecular formula is C18H29NO. The van der Waals surface area contributed by atoms with Crippen molar-refractivity contribution >= 4 is 0 Å². The molecule has 2 rings (SSSR count). The van der Waals surface area contributed by atoms with E-state index >= 15 is 0 Å². The number of hydrogen-bond acceptors (Lipinski definition) is 2. The van der Waals surface area contributed by atoms with Crippen LogP contribution < -0.4 is 4.74 Å². The first-order valence-corrected chi connectivity index (χ1v) is 7.96. The number of nitrogens with zero attached hydrogens (tertiary/aromatic N) is 1. The minimum absolute atomic E-state index is 0.790. The highest BCUT2D eigenvalue weighted by atomic mass is 16.5. The molecule has 1 atom stereocenters. The second-order valence-corrected chi connectivity index (χ2v) is 6.47. The fourth-order valence-corrected chi connectivity index (χ4v) is 3.52. The third-order valence-electron chi connectivity index (χ3n) is 4.57. The highest BCUT2D eigenvalue weighted by Crippen LogP contribution is 2.32. The summed E-state index contributed by atoms with van der Waals surface area (Å²) in [6, 6.07) is 8.63. The van der Waals surface area contributed by atoms with Crippen LogP contribution in [0.5, 0.6) is 5.75 Å². The van der Waals surface area contributed by atoms with E-state index in [1.54, 1.807) is 7.11 Å². The summed E-state index contributed by atoms with van der Waals surface area (Å²) in [5.74, 6) is 2.66. The van der Waals surface area contributed by atoms with Crippen LogP contribution in [0.1, 0.15) is 37.7 Å². The fourth-order valence-electron chi connectivity index (χ4n) is 3.52. The summed E-state index contributed by atoms with van der Waals surface area (Å²) in [4.78, 5) is 2.35. The summed E-state index contributed by atoms with van der Waals surface area (Å²) >= 11 is 0. The van der Waals surface area contributed by atoms with Gasteiger partial charge in [0.25, 0.3) is 0 Å². The van der Waals surface area contributed by atoms with Gasteiger partial charge in [-0.2, -0.15) is 0 Å². The Morgan fingerprint density at radius 3 is 2.30 bits per heavy atom. The van der Waals surface area contributed by atoms with E-state index in [9.17, 15) is 0 Å². The Hall–Kier alpha value is -1.02. The zero-order valence-corrected chi connectivity index (χ0v) is 13.3. The minimum Gasteiger partial charge on any atom is -0.497 e. The van der Waals surface area contributed by atoms with Gasteiger partial charge in [0.2, 0.25) is 0 Å². The predicted molar refractivity (Wildman–Crippen MR) is 85.3 cm³/mol. The van der Waals surface area contributed by atoms with Gasteiger partial charge in [-0.1, -0.05) is 44.2 Å². The van der Waals surface area contributed by atoms with Crippen LogP contribution in [-0.2, 0) is 6.42 Å². The molecule has 0 aliphatic heterocycles. The molecule has 1 aromatic carbocycles. The van der Waals surface area contributed by atoms with Gasteiger partial charge in [-0.15, -0.1) is 0 Å². The Bertz CT molecular complexity index is 379. The molecule has 0 saturated heterocycles. The van der Waals surface area contributed by atoms with Gasteiger partial charge < -0.3 is 9.64 Å². The number of hydrogen-bond donors (Lipinski definition) is 0. The van der Waals surface area contributed by atoms with Gasteiger partial charge in [0.1, 0.15) is 5.75 Å². The molecule has 0 heterocycles. The zero-order chi connectivity index (χ0) is 14.4. The van der Waals surface area contributed by atoms with Crippen molar-refractivity contribution in [3.05, 3.63) is 29.8 Å². The molecule has 1 fully saturated rings. The number of benzene rings is 1. The molecule has 112 valence electrons. The summed E-state index contributed by atoms with van der Waals surface area (Å²) < 4.78 is 5.25. The van der Waals surface area contributed by atoms with Gasteiger partial charge in [-0.05, 0) is 50.0 Å². The normalized spacial score (nSPS) is 18.2. The summed E-state index contributed by atoms with van der Waals surface area (Å²) in [5.41, 5.74) is 1.45. The Balaban J connectivity index is 2.01. The zero-order valence-electron chi connectivity index (χ0n) is 13.3. The van der Waals surface area contributed by atoms with Crippen molar-refractivity contribution in [1.29, 1.82) is 0 Å². The molecule has 20 heavy (non-hydrogen) atoms. The highest BCUT2D eigenvalue weighted by Gasteiger charge is 2.24. The van der Waals surface area contributed by atoms with Crippen molar-refractivity contribution in [3.8, 4) is 5.75 Å². The van der Waals surface area contributed by atoms with Gasteiger partial charge in [0.05, 0.1) is 7.11 Å². The SMILES string of the molecule is COc1ccc(CC(CN(C)C)C2CCCCC2)cc1. The van der Waals surface area contributed by atoms with Crippen LogP contribution in [0.2, 0.25) is 0 Å². The van der Waals surface area contributed by atoms with E-state index in [0.717, 1.165) is 17.6 Å². The lowest BCUT2D eigenvalue weighted by atomic mass is 9.77.